The van der Waals surface area contributed by atoms with Crippen molar-refractivity contribution in [3.8, 4) is 24.3 Å². The topological polar surface area (TPSA) is 98.4 Å². The number of halogens is 6. The second kappa shape index (κ2) is 11.5. The molecule has 4 aliphatic rings. The molecule has 2 heterocycles. The van der Waals surface area contributed by atoms with E-state index < -0.39 is 55.1 Å². The number of nitrogens with zero attached hydrogens (tertiary/aromatic N) is 5. The Kier molecular flexibility index (Phi) is 7.99. The first-order chi connectivity index (χ1) is 23.5. The van der Waals surface area contributed by atoms with Gasteiger partial charge in [-0.1, -0.05) is 42.5 Å². The molecule has 6 rings (SSSR count). The van der Waals surface area contributed by atoms with Crippen LogP contribution in [-0.4, -0.2) is 41.4 Å². The molecule has 2 unspecified atom stereocenters. The molecule has 50 heavy (non-hydrogen) atoms. The van der Waals surface area contributed by atoms with Crippen LogP contribution in [0.4, 0.5) is 32.0 Å². The molecule has 1 saturated carbocycles. The van der Waals surface area contributed by atoms with E-state index in [-0.39, 0.29) is 27.2 Å². The summed E-state index contributed by atoms with van der Waals surface area (Å²) in [5.41, 5.74) is -3.90. The summed E-state index contributed by atoms with van der Waals surface area (Å²) in [6.45, 7) is 2.99. The molecule has 13 heteroatoms. The number of nitriles is 4. The lowest BCUT2D eigenvalue weighted by Gasteiger charge is -2.47. The van der Waals surface area contributed by atoms with Crippen molar-refractivity contribution in [3.63, 3.8) is 0 Å². The van der Waals surface area contributed by atoms with Gasteiger partial charge in [0.15, 0.2) is 0 Å². The quantitative estimate of drug-likeness (QED) is 0.173. The lowest BCUT2D eigenvalue weighted by atomic mass is 9.71. The lowest BCUT2D eigenvalue weighted by Crippen LogP contribution is -2.48. The average Bonchev–Trinajstić information content (AvgIpc) is 3.66. The van der Waals surface area contributed by atoms with Gasteiger partial charge < -0.3 is 4.90 Å². The Bertz CT molecular complexity index is 2200. The molecule has 0 amide bonds. The van der Waals surface area contributed by atoms with Crippen LogP contribution in [-0.2, 0) is 0 Å². The highest BCUT2D eigenvalue weighted by molar-refractivity contribution is 8.12. The van der Waals surface area contributed by atoms with Gasteiger partial charge in [0.05, 0.1) is 9.49 Å². The largest absolute Gasteiger partial charge is 0.380 e. The second-order valence-corrected chi connectivity index (χ2v) is 15.3. The third-order valence-corrected chi connectivity index (χ3v) is 12.8. The minimum Gasteiger partial charge on any atom is -0.378 e. The van der Waals surface area contributed by atoms with E-state index in [1.54, 1.807) is 66.7 Å². The zero-order valence-electron chi connectivity index (χ0n) is 26.7. The van der Waals surface area contributed by atoms with E-state index >= 15 is 26.3 Å². The summed E-state index contributed by atoms with van der Waals surface area (Å²) in [7, 11) is 3.64. The van der Waals surface area contributed by atoms with Crippen LogP contribution < -0.4 is 4.90 Å². The van der Waals surface area contributed by atoms with Gasteiger partial charge in [0.1, 0.15) is 35.4 Å². The summed E-state index contributed by atoms with van der Waals surface area (Å²) < 4.78 is 91.1. The molecule has 0 bridgehead atoms. The van der Waals surface area contributed by atoms with E-state index in [9.17, 15) is 21.0 Å². The van der Waals surface area contributed by atoms with Crippen molar-refractivity contribution in [2.75, 3.05) is 19.0 Å². The van der Waals surface area contributed by atoms with E-state index in [2.05, 4.69) is 0 Å². The van der Waals surface area contributed by atoms with E-state index in [0.717, 1.165) is 35.3 Å². The molecular weight excluding hydrogens is 693 g/mol. The molecule has 2 aliphatic heterocycles. The van der Waals surface area contributed by atoms with Crippen LogP contribution >= 0.6 is 23.5 Å². The molecule has 2 aliphatic carbocycles. The van der Waals surface area contributed by atoms with Crippen LogP contribution in [0.3, 0.4) is 0 Å². The SMILES string of the molecule is CN(C)c1ccc(C2=CC3=C4C(=C5C=C(C(=C(C#N)C#N)C(=C(C#N)C#N)c6ccccc6)SC5(C)C3(C)S2)C(F)(F)C(F)(F)C4(F)F)cc1. The summed E-state index contributed by atoms with van der Waals surface area (Å²) in [6.07, 6.45) is 2.29. The minimum atomic E-state index is -5.79. The molecule has 1 fully saturated rings. The Morgan fingerprint density at radius 1 is 0.640 bits per heavy atom. The van der Waals surface area contributed by atoms with Crippen molar-refractivity contribution in [1.82, 2.24) is 0 Å². The lowest BCUT2D eigenvalue weighted by molar-refractivity contribution is -0.258. The maximum absolute atomic E-state index is 16.0. The number of rotatable bonds is 5. The van der Waals surface area contributed by atoms with E-state index in [1.165, 1.54) is 32.1 Å². The van der Waals surface area contributed by atoms with Gasteiger partial charge in [0, 0.05) is 51.9 Å². The van der Waals surface area contributed by atoms with Crippen molar-refractivity contribution < 1.29 is 26.3 Å². The molecule has 0 radical (unpaired) electrons. The first-order valence-corrected chi connectivity index (χ1v) is 16.5. The van der Waals surface area contributed by atoms with Crippen molar-refractivity contribution in [3.05, 3.63) is 122 Å². The molecule has 2 aromatic rings. The standard InChI is InChI=1S/C37H23F6N5S2/c1-33-25(14-27(49-33)20-10-12-24(13-11-20)48(3)4)31-32(36(40,41)37(42,43)35(31,38)39)26-15-28(50-34(26,33)2)30(23(18-46)19-47)29(22(16-44)17-45)21-8-6-5-7-9-21/h5-15H,1-4H3. The minimum absolute atomic E-state index is 0.101. The highest BCUT2D eigenvalue weighted by Gasteiger charge is 2.84. The first-order valence-electron chi connectivity index (χ1n) is 14.8. The molecular formula is C37H23F6N5S2. The van der Waals surface area contributed by atoms with E-state index in [0.29, 0.717) is 10.5 Å². The molecule has 2 atom stereocenters. The smallest absolute Gasteiger partial charge is 0.378 e. The molecule has 0 N–H and O–H groups in total. The zero-order chi connectivity index (χ0) is 36.6. The molecule has 2 aromatic carbocycles. The van der Waals surface area contributed by atoms with Crippen LogP contribution in [0.1, 0.15) is 25.0 Å². The first kappa shape index (κ1) is 34.8. The number of hydrogen-bond donors (Lipinski definition) is 0. The molecule has 0 saturated heterocycles. The van der Waals surface area contributed by atoms with Gasteiger partial charge in [-0.25, -0.2) is 0 Å². The predicted molar refractivity (Wildman–Crippen MR) is 181 cm³/mol. The fourth-order valence-electron chi connectivity index (χ4n) is 6.76. The maximum Gasteiger partial charge on any atom is 0.380 e. The van der Waals surface area contributed by atoms with Gasteiger partial charge in [0.25, 0.3) is 0 Å². The Labute approximate surface area is 292 Å². The van der Waals surface area contributed by atoms with Crippen LogP contribution in [0.25, 0.3) is 10.5 Å². The van der Waals surface area contributed by atoms with Crippen molar-refractivity contribution in [1.29, 1.82) is 21.0 Å². The number of anilines is 1. The molecule has 0 spiro atoms. The summed E-state index contributed by atoms with van der Waals surface area (Å²) in [6, 6.07) is 21.7. The van der Waals surface area contributed by atoms with Crippen LogP contribution in [0.5, 0.6) is 0 Å². The van der Waals surface area contributed by atoms with Crippen molar-refractivity contribution in [2.45, 2.75) is 41.1 Å². The second-order valence-electron chi connectivity index (χ2n) is 12.3. The van der Waals surface area contributed by atoms with Gasteiger partial charge >= 0.3 is 17.8 Å². The number of allylic oxidation sites excluding steroid dienone is 8. The number of alkyl halides is 6. The van der Waals surface area contributed by atoms with Gasteiger partial charge in [-0.15, -0.1) is 23.5 Å². The Morgan fingerprint density at radius 3 is 1.62 bits per heavy atom. The third kappa shape index (κ3) is 4.47. The fourth-order valence-corrected chi connectivity index (χ4v) is 9.96. The molecule has 0 aromatic heterocycles. The van der Waals surface area contributed by atoms with Gasteiger partial charge in [-0.3, -0.25) is 0 Å². The summed E-state index contributed by atoms with van der Waals surface area (Å²) in [5.74, 6) is -16.4. The summed E-state index contributed by atoms with van der Waals surface area (Å²) >= 11 is 1.88. The van der Waals surface area contributed by atoms with Crippen molar-refractivity contribution >= 4 is 39.7 Å². The maximum atomic E-state index is 16.0. The zero-order valence-corrected chi connectivity index (χ0v) is 28.3. The number of fused-ring (bicyclic) bond motifs is 4. The van der Waals surface area contributed by atoms with Gasteiger partial charge in [0.2, 0.25) is 0 Å². The number of thioether (sulfide) groups is 2. The predicted octanol–water partition coefficient (Wildman–Crippen LogP) is 9.36. The van der Waals surface area contributed by atoms with Crippen LogP contribution in [0, 0.1) is 45.3 Å². The Morgan fingerprint density at radius 2 is 1.12 bits per heavy atom. The fraction of sp³-hybridized carbons (Fsp3) is 0.243. The number of hydrogen-bond acceptors (Lipinski definition) is 7. The van der Waals surface area contributed by atoms with Crippen molar-refractivity contribution in [2.24, 2.45) is 0 Å². The van der Waals surface area contributed by atoms with E-state index in [1.807, 2.05) is 19.0 Å². The highest BCUT2D eigenvalue weighted by atomic mass is 32.2. The van der Waals surface area contributed by atoms with Gasteiger partial charge in [-0.05, 0) is 60.4 Å². The summed E-state index contributed by atoms with van der Waals surface area (Å²) in [4.78, 5) is 2.12. The van der Waals surface area contributed by atoms with Crippen LogP contribution in [0.2, 0.25) is 0 Å². The Balaban J connectivity index is 1.68. The Hall–Kier alpha value is -5.08. The van der Waals surface area contributed by atoms with E-state index in [4.69, 9.17) is 0 Å². The van der Waals surface area contributed by atoms with Gasteiger partial charge in [-0.2, -0.15) is 47.4 Å². The average molecular weight is 716 g/mol. The normalized spacial score (nSPS) is 24.7. The molecule has 5 nitrogen and oxygen atoms in total. The monoisotopic (exact) mass is 715 g/mol. The van der Waals surface area contributed by atoms with Crippen LogP contribution in [0.15, 0.2) is 111 Å². The molecule has 250 valence electrons. The third-order valence-electron chi connectivity index (χ3n) is 9.50. The highest BCUT2D eigenvalue weighted by Crippen LogP contribution is 2.75. The number of benzene rings is 2. The summed E-state index contributed by atoms with van der Waals surface area (Å²) in [5, 5.41) is 40.1.